The fourth-order valence-electron chi connectivity index (χ4n) is 0.123. The van der Waals surface area contributed by atoms with Gasteiger partial charge in [0.15, 0.2) is 0 Å². The van der Waals surface area contributed by atoms with Crippen molar-refractivity contribution in [2.24, 2.45) is 5.73 Å². The normalized spacial score (nSPS) is 7.00. The number of nitrogens with two attached hydrogens (primary N) is 1. The van der Waals surface area contributed by atoms with Crippen LogP contribution in [0.3, 0.4) is 0 Å². The zero-order valence-electron chi connectivity index (χ0n) is 4.82. The average Bonchev–Trinajstić information content (AvgIpc) is 1.67. The Morgan fingerprint density at radius 2 is 1.89 bits per heavy atom. The number of hydrogen-bond acceptors (Lipinski definition) is 4. The lowest BCUT2D eigenvalue weighted by atomic mass is 10.5. The van der Waals surface area contributed by atoms with Gasteiger partial charge in [0.1, 0.15) is 0 Å². The summed E-state index contributed by atoms with van der Waals surface area (Å²) < 4.78 is 0. The molecule has 0 aromatic carbocycles. The molecule has 0 fully saturated rings. The molecular weight excluding hydrogens is 125 g/mol. The Kier molecular flexibility index (Phi) is 13.0. The standard InChI is InChI=1S/C3H7NO2.BH2O2/c4-2-1-3(5)6;2-1-3/h1-2,4H2,(H,5,6);2-3H. The first-order chi connectivity index (χ1) is 4.18. The Hall–Kier alpha value is -0.585. The highest BCUT2D eigenvalue weighted by atomic mass is 16.4. The van der Waals surface area contributed by atoms with Crippen LogP contribution in [0.1, 0.15) is 6.42 Å². The molecule has 0 saturated carbocycles. The van der Waals surface area contributed by atoms with Gasteiger partial charge in [-0.25, -0.2) is 0 Å². The third-order valence-corrected chi connectivity index (χ3v) is 0.358. The van der Waals surface area contributed by atoms with E-state index in [1.54, 1.807) is 0 Å². The quantitative estimate of drug-likeness (QED) is 0.324. The summed E-state index contributed by atoms with van der Waals surface area (Å²) in [6.07, 6.45) is 0.0694. The van der Waals surface area contributed by atoms with Crippen LogP contribution >= 0.6 is 0 Å². The number of rotatable bonds is 2. The van der Waals surface area contributed by atoms with Crippen LogP contribution in [0.4, 0.5) is 0 Å². The summed E-state index contributed by atoms with van der Waals surface area (Å²) in [4.78, 5) is 9.52. The molecule has 5 N–H and O–H groups in total. The molecule has 0 unspecified atom stereocenters. The predicted molar refractivity (Wildman–Crippen MR) is 31.5 cm³/mol. The van der Waals surface area contributed by atoms with E-state index in [1.807, 2.05) is 0 Å². The average molecular weight is 134 g/mol. The van der Waals surface area contributed by atoms with Crippen molar-refractivity contribution in [3.05, 3.63) is 0 Å². The van der Waals surface area contributed by atoms with E-state index in [1.165, 1.54) is 0 Å². The summed E-state index contributed by atoms with van der Waals surface area (Å²) >= 11 is 0. The van der Waals surface area contributed by atoms with Gasteiger partial charge in [0.2, 0.25) is 0 Å². The van der Waals surface area contributed by atoms with Crippen molar-refractivity contribution >= 4 is 13.7 Å². The smallest absolute Gasteiger partial charge is 0.481 e. The van der Waals surface area contributed by atoms with E-state index in [9.17, 15) is 4.79 Å². The van der Waals surface area contributed by atoms with Gasteiger partial charge >= 0.3 is 13.7 Å². The van der Waals surface area contributed by atoms with Gasteiger partial charge in [-0.3, -0.25) is 4.79 Å². The van der Waals surface area contributed by atoms with E-state index in [0.29, 0.717) is 0 Å². The van der Waals surface area contributed by atoms with E-state index < -0.39 is 5.97 Å². The second kappa shape index (κ2) is 10.4. The molecule has 5 nitrogen and oxygen atoms in total. The van der Waals surface area contributed by atoms with Gasteiger partial charge in [0.25, 0.3) is 0 Å². The fourth-order valence-corrected chi connectivity index (χ4v) is 0.123. The topological polar surface area (TPSA) is 104 Å². The second-order valence-corrected chi connectivity index (χ2v) is 1.05. The maximum Gasteiger partial charge on any atom is 0.482 e. The van der Waals surface area contributed by atoms with Gasteiger partial charge in [0, 0.05) is 6.54 Å². The lowest BCUT2D eigenvalue weighted by molar-refractivity contribution is -0.136. The zero-order chi connectivity index (χ0) is 7.70. The summed E-state index contributed by atoms with van der Waals surface area (Å²) in [7, 11) is 0. The molecule has 0 atom stereocenters. The van der Waals surface area contributed by atoms with Crippen LogP contribution in [0.5, 0.6) is 0 Å². The summed E-state index contributed by atoms with van der Waals surface area (Å²) in [5.41, 5.74) is 4.85. The van der Waals surface area contributed by atoms with Crippen LogP contribution in [-0.2, 0) is 4.79 Å². The van der Waals surface area contributed by atoms with Gasteiger partial charge in [-0.15, -0.1) is 0 Å². The first kappa shape index (κ1) is 11.2. The lowest BCUT2D eigenvalue weighted by Crippen LogP contribution is -2.05. The fraction of sp³-hybridized carbons (Fsp3) is 0.667. The number of carbonyl (C=O) groups is 1. The highest BCUT2D eigenvalue weighted by molar-refractivity contribution is 6.13. The Morgan fingerprint density at radius 3 is 1.89 bits per heavy atom. The minimum Gasteiger partial charge on any atom is -0.481 e. The van der Waals surface area contributed by atoms with Gasteiger partial charge in [-0.2, -0.15) is 0 Å². The maximum absolute atomic E-state index is 9.52. The molecule has 53 valence electrons. The molecule has 0 spiro atoms. The summed E-state index contributed by atoms with van der Waals surface area (Å²) in [6.45, 7) is 0.231. The van der Waals surface area contributed by atoms with Crippen LogP contribution in [0.2, 0.25) is 0 Å². The van der Waals surface area contributed by atoms with Crippen molar-refractivity contribution in [2.75, 3.05) is 6.54 Å². The van der Waals surface area contributed by atoms with Gasteiger partial charge in [0.05, 0.1) is 6.42 Å². The monoisotopic (exact) mass is 134 g/mol. The first-order valence-corrected chi connectivity index (χ1v) is 2.21. The summed E-state index contributed by atoms with van der Waals surface area (Å²) in [6, 6.07) is 0. The molecule has 0 aliphatic rings. The van der Waals surface area contributed by atoms with Crippen molar-refractivity contribution in [1.29, 1.82) is 0 Å². The van der Waals surface area contributed by atoms with Crippen LogP contribution in [0.25, 0.3) is 0 Å². The molecular formula is C3H9BNO4. The molecule has 0 saturated heterocycles. The molecule has 6 heteroatoms. The van der Waals surface area contributed by atoms with Crippen molar-refractivity contribution in [3.63, 3.8) is 0 Å². The Bertz CT molecular complexity index is 68.8. The van der Waals surface area contributed by atoms with E-state index in [2.05, 4.69) is 0 Å². The van der Waals surface area contributed by atoms with Crippen molar-refractivity contribution in [2.45, 2.75) is 6.42 Å². The number of aliphatic carboxylic acids is 1. The van der Waals surface area contributed by atoms with Crippen LogP contribution in [0, 0.1) is 0 Å². The number of hydrogen-bond donors (Lipinski definition) is 4. The molecule has 0 aromatic heterocycles. The van der Waals surface area contributed by atoms with E-state index in [4.69, 9.17) is 20.9 Å². The molecule has 0 rings (SSSR count). The van der Waals surface area contributed by atoms with Gasteiger partial charge in [-0.1, -0.05) is 0 Å². The molecule has 0 heterocycles. The van der Waals surface area contributed by atoms with E-state index in [-0.39, 0.29) is 20.7 Å². The van der Waals surface area contributed by atoms with Crippen LogP contribution in [-0.4, -0.2) is 35.4 Å². The summed E-state index contributed by atoms with van der Waals surface area (Å²) in [5.74, 6) is -0.836. The lowest BCUT2D eigenvalue weighted by Gasteiger charge is -1.80. The van der Waals surface area contributed by atoms with Crippen molar-refractivity contribution in [1.82, 2.24) is 0 Å². The summed E-state index contributed by atoms with van der Waals surface area (Å²) in [5, 5.41) is 21.8. The third kappa shape index (κ3) is 37.3. The third-order valence-electron chi connectivity index (χ3n) is 0.358. The van der Waals surface area contributed by atoms with Crippen LogP contribution in [0.15, 0.2) is 0 Å². The molecule has 0 bridgehead atoms. The highest BCUT2D eigenvalue weighted by Crippen LogP contribution is 1.67. The Morgan fingerprint density at radius 1 is 1.56 bits per heavy atom. The molecule has 1 radical (unpaired) electrons. The molecule has 0 aliphatic carbocycles. The largest absolute Gasteiger partial charge is 0.482 e. The van der Waals surface area contributed by atoms with E-state index in [0.717, 1.165) is 0 Å². The first-order valence-electron chi connectivity index (χ1n) is 2.21. The zero-order valence-corrected chi connectivity index (χ0v) is 4.82. The molecule has 9 heavy (non-hydrogen) atoms. The minimum absolute atomic E-state index is 0. The maximum atomic E-state index is 9.52. The number of carboxylic acids is 1. The minimum atomic E-state index is -0.836. The van der Waals surface area contributed by atoms with Crippen LogP contribution < -0.4 is 5.73 Å². The molecule has 0 amide bonds. The highest BCUT2D eigenvalue weighted by Gasteiger charge is 1.87. The molecule has 0 aromatic rings. The second-order valence-electron chi connectivity index (χ2n) is 1.05. The van der Waals surface area contributed by atoms with E-state index >= 15 is 0 Å². The van der Waals surface area contributed by atoms with Gasteiger partial charge in [-0.05, 0) is 0 Å². The van der Waals surface area contributed by atoms with Crippen molar-refractivity contribution in [3.8, 4) is 0 Å². The van der Waals surface area contributed by atoms with Gasteiger partial charge < -0.3 is 20.9 Å². The molecule has 0 aliphatic heterocycles. The number of carboxylic acid groups (broad SMARTS) is 1. The Labute approximate surface area is 53.4 Å². The van der Waals surface area contributed by atoms with Crippen molar-refractivity contribution < 1.29 is 19.9 Å². The SMILES string of the molecule is NCCC(=O)O.O[B]O. The Balaban J connectivity index is 0. The predicted octanol–water partition coefficient (Wildman–Crippen LogP) is -2.07.